The predicted molar refractivity (Wildman–Crippen MR) is 50.1 cm³/mol. The summed E-state index contributed by atoms with van der Waals surface area (Å²) < 4.78 is 0. The van der Waals surface area contributed by atoms with Gasteiger partial charge in [0, 0.05) is 24.9 Å². The molecule has 0 radical (unpaired) electrons. The number of hydrogen-bond acceptors (Lipinski definition) is 2. The van der Waals surface area contributed by atoms with Crippen molar-refractivity contribution >= 4 is 5.78 Å². The van der Waals surface area contributed by atoms with Gasteiger partial charge in [-0.25, -0.2) is 0 Å². The maximum Gasteiger partial charge on any atom is 0.137 e. The van der Waals surface area contributed by atoms with E-state index < -0.39 is 0 Å². The van der Waals surface area contributed by atoms with Gasteiger partial charge in [0.25, 0.3) is 0 Å². The van der Waals surface area contributed by atoms with Gasteiger partial charge in [-0.1, -0.05) is 6.92 Å². The van der Waals surface area contributed by atoms with Gasteiger partial charge in [-0.3, -0.25) is 4.79 Å². The number of ketones is 1. The summed E-state index contributed by atoms with van der Waals surface area (Å²) in [6.45, 7) is 8.48. The van der Waals surface area contributed by atoms with Crippen molar-refractivity contribution < 1.29 is 4.79 Å². The smallest absolute Gasteiger partial charge is 0.137 e. The number of hydrogen-bond donors (Lipinski definition) is 0. The molecule has 0 amide bonds. The van der Waals surface area contributed by atoms with Crippen LogP contribution in [0, 0.1) is 5.92 Å². The summed E-state index contributed by atoms with van der Waals surface area (Å²) in [6, 6.07) is 0.586. The Kier molecular flexibility index (Phi) is 3.27. The molecule has 1 fully saturated rings. The van der Waals surface area contributed by atoms with Gasteiger partial charge >= 0.3 is 0 Å². The van der Waals surface area contributed by atoms with Crippen LogP contribution in [-0.4, -0.2) is 29.8 Å². The van der Waals surface area contributed by atoms with E-state index in [1.807, 2.05) is 6.92 Å². The van der Waals surface area contributed by atoms with Gasteiger partial charge in [-0.15, -0.1) is 0 Å². The Bertz CT molecular complexity index is 165. The van der Waals surface area contributed by atoms with Crippen molar-refractivity contribution in [3.05, 3.63) is 0 Å². The number of carbonyl (C=O) groups is 1. The quantitative estimate of drug-likeness (QED) is 0.595. The maximum absolute atomic E-state index is 11.4. The van der Waals surface area contributed by atoms with Crippen LogP contribution in [0.5, 0.6) is 0 Å². The highest BCUT2D eigenvalue weighted by molar-refractivity contribution is 5.81. The number of rotatable bonds is 1. The molecule has 70 valence electrons. The summed E-state index contributed by atoms with van der Waals surface area (Å²) >= 11 is 0. The molecule has 0 aromatic rings. The van der Waals surface area contributed by atoms with Crippen molar-refractivity contribution in [1.82, 2.24) is 4.90 Å². The second-order valence-corrected chi connectivity index (χ2v) is 4.04. The summed E-state index contributed by atoms with van der Waals surface area (Å²) in [6.07, 6.45) is 1.79. The molecule has 0 aromatic carbocycles. The third-order valence-electron chi connectivity index (χ3n) is 2.77. The molecule has 12 heavy (non-hydrogen) atoms. The molecule has 2 heteroatoms. The van der Waals surface area contributed by atoms with E-state index in [1.54, 1.807) is 0 Å². The fourth-order valence-corrected chi connectivity index (χ4v) is 1.65. The van der Waals surface area contributed by atoms with E-state index in [-0.39, 0.29) is 5.92 Å². The molecule has 0 aliphatic carbocycles. The van der Waals surface area contributed by atoms with Crippen LogP contribution in [0.1, 0.15) is 33.6 Å². The molecule has 0 N–H and O–H groups in total. The van der Waals surface area contributed by atoms with Crippen molar-refractivity contribution in [2.45, 2.75) is 39.7 Å². The van der Waals surface area contributed by atoms with Crippen molar-refractivity contribution in [1.29, 1.82) is 0 Å². The van der Waals surface area contributed by atoms with Crippen LogP contribution >= 0.6 is 0 Å². The lowest BCUT2D eigenvalue weighted by Gasteiger charge is -2.23. The minimum Gasteiger partial charge on any atom is -0.300 e. The zero-order valence-electron chi connectivity index (χ0n) is 8.34. The van der Waals surface area contributed by atoms with Crippen LogP contribution < -0.4 is 0 Å². The standard InChI is InChI=1S/C10H19NO/c1-8(2)11-6-4-9(3)10(12)5-7-11/h8-9H,4-7H2,1-3H3. The Morgan fingerprint density at radius 2 is 2.08 bits per heavy atom. The van der Waals surface area contributed by atoms with Crippen molar-refractivity contribution in [2.24, 2.45) is 5.92 Å². The summed E-state index contributed by atoms with van der Waals surface area (Å²) in [7, 11) is 0. The summed E-state index contributed by atoms with van der Waals surface area (Å²) in [4.78, 5) is 13.7. The van der Waals surface area contributed by atoms with E-state index in [0.717, 1.165) is 25.9 Å². The monoisotopic (exact) mass is 169 g/mol. The molecule has 1 heterocycles. The molecule has 1 aliphatic rings. The summed E-state index contributed by atoms with van der Waals surface area (Å²) in [5.41, 5.74) is 0. The molecular formula is C10H19NO. The first-order chi connectivity index (χ1) is 5.61. The molecule has 1 saturated heterocycles. The fourth-order valence-electron chi connectivity index (χ4n) is 1.65. The van der Waals surface area contributed by atoms with Crippen LogP contribution in [0.3, 0.4) is 0 Å². The second kappa shape index (κ2) is 4.04. The second-order valence-electron chi connectivity index (χ2n) is 4.04. The molecule has 2 nitrogen and oxygen atoms in total. The molecule has 1 rings (SSSR count). The van der Waals surface area contributed by atoms with Gasteiger partial charge in [0.1, 0.15) is 5.78 Å². The van der Waals surface area contributed by atoms with E-state index >= 15 is 0 Å². The van der Waals surface area contributed by atoms with Crippen LogP contribution in [0.25, 0.3) is 0 Å². The highest BCUT2D eigenvalue weighted by Gasteiger charge is 2.21. The number of carbonyl (C=O) groups excluding carboxylic acids is 1. The average Bonchev–Trinajstić information content (AvgIpc) is 2.16. The van der Waals surface area contributed by atoms with E-state index in [9.17, 15) is 4.79 Å². The first-order valence-corrected chi connectivity index (χ1v) is 4.88. The maximum atomic E-state index is 11.4. The fraction of sp³-hybridized carbons (Fsp3) is 0.900. The topological polar surface area (TPSA) is 20.3 Å². The van der Waals surface area contributed by atoms with Gasteiger partial charge in [0.15, 0.2) is 0 Å². The lowest BCUT2D eigenvalue weighted by atomic mass is 10.0. The van der Waals surface area contributed by atoms with E-state index in [4.69, 9.17) is 0 Å². The number of nitrogens with zero attached hydrogens (tertiary/aromatic N) is 1. The minimum absolute atomic E-state index is 0.286. The summed E-state index contributed by atoms with van der Waals surface area (Å²) in [5, 5.41) is 0. The molecule has 0 bridgehead atoms. The molecule has 1 unspecified atom stereocenters. The Morgan fingerprint density at radius 1 is 1.42 bits per heavy atom. The largest absolute Gasteiger partial charge is 0.300 e. The Balaban J connectivity index is 2.49. The summed E-state index contributed by atoms with van der Waals surface area (Å²) in [5.74, 6) is 0.729. The normalized spacial score (nSPS) is 27.7. The van der Waals surface area contributed by atoms with Crippen LogP contribution in [0.4, 0.5) is 0 Å². The molecule has 0 spiro atoms. The Morgan fingerprint density at radius 3 is 2.67 bits per heavy atom. The van der Waals surface area contributed by atoms with Gasteiger partial charge in [-0.05, 0) is 26.8 Å². The highest BCUT2D eigenvalue weighted by atomic mass is 16.1. The van der Waals surface area contributed by atoms with Gasteiger partial charge in [0.05, 0.1) is 0 Å². The lowest BCUT2D eigenvalue weighted by Crippen LogP contribution is -2.31. The van der Waals surface area contributed by atoms with E-state index in [2.05, 4.69) is 18.7 Å². The van der Waals surface area contributed by atoms with Crippen molar-refractivity contribution in [2.75, 3.05) is 13.1 Å². The number of Topliss-reactive ketones (excluding diaryl/α,β-unsaturated/α-hetero) is 1. The van der Waals surface area contributed by atoms with E-state index in [1.165, 1.54) is 0 Å². The van der Waals surface area contributed by atoms with Gasteiger partial charge in [0.2, 0.25) is 0 Å². The SMILES string of the molecule is CC1CCN(C(C)C)CCC1=O. The lowest BCUT2D eigenvalue weighted by molar-refractivity contribution is -0.122. The molecule has 1 atom stereocenters. The molecular weight excluding hydrogens is 150 g/mol. The number of likely N-dealkylation sites (tertiary alicyclic amines) is 1. The Hall–Kier alpha value is -0.370. The van der Waals surface area contributed by atoms with Crippen LogP contribution in [-0.2, 0) is 4.79 Å². The van der Waals surface area contributed by atoms with Crippen LogP contribution in [0.2, 0.25) is 0 Å². The molecule has 1 aliphatic heterocycles. The minimum atomic E-state index is 0.286. The zero-order chi connectivity index (χ0) is 9.14. The van der Waals surface area contributed by atoms with E-state index in [0.29, 0.717) is 11.8 Å². The Labute approximate surface area is 74.9 Å². The third kappa shape index (κ3) is 2.31. The highest BCUT2D eigenvalue weighted by Crippen LogP contribution is 2.14. The molecule has 0 aromatic heterocycles. The zero-order valence-corrected chi connectivity index (χ0v) is 8.34. The first kappa shape index (κ1) is 9.72. The average molecular weight is 169 g/mol. The van der Waals surface area contributed by atoms with Crippen molar-refractivity contribution in [3.63, 3.8) is 0 Å². The van der Waals surface area contributed by atoms with Crippen molar-refractivity contribution in [3.8, 4) is 0 Å². The first-order valence-electron chi connectivity index (χ1n) is 4.88. The predicted octanol–water partition coefficient (Wildman–Crippen LogP) is 1.70. The molecule has 0 saturated carbocycles. The van der Waals surface area contributed by atoms with Gasteiger partial charge < -0.3 is 4.90 Å². The van der Waals surface area contributed by atoms with Gasteiger partial charge in [-0.2, -0.15) is 0 Å². The van der Waals surface area contributed by atoms with Crippen LogP contribution in [0.15, 0.2) is 0 Å². The third-order valence-corrected chi connectivity index (χ3v) is 2.77.